The van der Waals surface area contributed by atoms with Gasteiger partial charge in [-0.2, -0.15) is 17.4 Å². The Labute approximate surface area is 94.4 Å². The summed E-state index contributed by atoms with van der Waals surface area (Å²) in [5.41, 5.74) is 0. The van der Waals surface area contributed by atoms with Crippen molar-refractivity contribution in [3.8, 4) is 0 Å². The van der Waals surface area contributed by atoms with E-state index in [1.165, 1.54) is 4.31 Å². The number of rotatable bonds is 5. The Hall–Kier alpha value is 0.350. The van der Waals surface area contributed by atoms with Gasteiger partial charge in [0.15, 0.2) is 0 Å². The van der Waals surface area contributed by atoms with E-state index in [1.54, 1.807) is 0 Å². The fraction of sp³-hybridized carbons (Fsp3) is 1.00. The van der Waals surface area contributed by atoms with Gasteiger partial charge in [-0.15, -0.1) is 0 Å². The molecule has 1 rings (SSSR count). The van der Waals surface area contributed by atoms with E-state index in [2.05, 4.69) is 20.7 Å². The highest BCUT2D eigenvalue weighted by molar-refractivity contribution is 9.09. The fourth-order valence-electron chi connectivity index (χ4n) is 1.48. The smallest absolute Gasteiger partial charge is 0.199 e. The van der Waals surface area contributed by atoms with Crippen molar-refractivity contribution in [1.82, 2.24) is 9.03 Å². The maximum Gasteiger partial charge on any atom is 0.279 e. The van der Waals surface area contributed by atoms with Crippen molar-refractivity contribution in [1.29, 1.82) is 0 Å². The maximum atomic E-state index is 11.7. The van der Waals surface area contributed by atoms with E-state index in [0.29, 0.717) is 13.1 Å². The van der Waals surface area contributed by atoms with Crippen molar-refractivity contribution in [2.24, 2.45) is 0 Å². The molecule has 1 fully saturated rings. The standard InChI is InChI=1S/C8H17BrN2O2S/c1-8(4-5-9)10-14(12,13)11-6-2-3-7-11/h8,10H,2-7H2,1H3. The lowest BCUT2D eigenvalue weighted by Crippen LogP contribution is -2.43. The molecule has 0 aromatic heterocycles. The highest BCUT2D eigenvalue weighted by Crippen LogP contribution is 2.12. The molecule has 0 bridgehead atoms. The van der Waals surface area contributed by atoms with Crippen LogP contribution in [0.4, 0.5) is 0 Å². The molecule has 1 N–H and O–H groups in total. The fourth-order valence-corrected chi connectivity index (χ4v) is 3.68. The van der Waals surface area contributed by atoms with E-state index >= 15 is 0 Å². The molecule has 0 amide bonds. The first kappa shape index (κ1) is 12.4. The third-order valence-electron chi connectivity index (χ3n) is 2.30. The molecule has 14 heavy (non-hydrogen) atoms. The van der Waals surface area contributed by atoms with Crippen molar-refractivity contribution in [3.05, 3.63) is 0 Å². The van der Waals surface area contributed by atoms with Gasteiger partial charge in [0, 0.05) is 24.5 Å². The van der Waals surface area contributed by atoms with Gasteiger partial charge >= 0.3 is 0 Å². The minimum Gasteiger partial charge on any atom is -0.199 e. The highest BCUT2D eigenvalue weighted by atomic mass is 79.9. The molecule has 84 valence electrons. The van der Waals surface area contributed by atoms with Gasteiger partial charge in [0.1, 0.15) is 0 Å². The number of hydrogen-bond donors (Lipinski definition) is 1. The van der Waals surface area contributed by atoms with Crippen molar-refractivity contribution in [2.45, 2.75) is 32.2 Å². The van der Waals surface area contributed by atoms with Crippen LogP contribution in [0.1, 0.15) is 26.2 Å². The number of hydrogen-bond acceptors (Lipinski definition) is 2. The van der Waals surface area contributed by atoms with E-state index in [9.17, 15) is 8.42 Å². The van der Waals surface area contributed by atoms with Crippen LogP contribution in [0.25, 0.3) is 0 Å². The number of nitrogens with zero attached hydrogens (tertiary/aromatic N) is 1. The monoisotopic (exact) mass is 284 g/mol. The summed E-state index contributed by atoms with van der Waals surface area (Å²) in [6, 6.07) is -0.0000231. The maximum absolute atomic E-state index is 11.7. The number of nitrogens with one attached hydrogen (secondary N) is 1. The zero-order valence-corrected chi connectivity index (χ0v) is 10.8. The molecule has 4 nitrogen and oxygen atoms in total. The number of halogens is 1. The first-order valence-electron chi connectivity index (χ1n) is 4.89. The summed E-state index contributed by atoms with van der Waals surface area (Å²) in [6.07, 6.45) is 2.77. The minimum atomic E-state index is -3.22. The Morgan fingerprint density at radius 2 is 2.00 bits per heavy atom. The predicted octanol–water partition coefficient (Wildman–Crippen LogP) is 1.09. The topological polar surface area (TPSA) is 49.4 Å². The third kappa shape index (κ3) is 3.49. The predicted molar refractivity (Wildman–Crippen MR) is 60.7 cm³/mol. The van der Waals surface area contributed by atoms with E-state index < -0.39 is 10.2 Å². The average molecular weight is 285 g/mol. The summed E-state index contributed by atoms with van der Waals surface area (Å²) < 4.78 is 27.6. The molecule has 0 aromatic carbocycles. The van der Waals surface area contributed by atoms with Crippen molar-refractivity contribution in [2.75, 3.05) is 18.4 Å². The number of alkyl halides is 1. The molecule has 0 aromatic rings. The largest absolute Gasteiger partial charge is 0.279 e. The Morgan fingerprint density at radius 3 is 2.50 bits per heavy atom. The summed E-state index contributed by atoms with van der Waals surface area (Å²) >= 11 is 3.29. The second-order valence-electron chi connectivity index (χ2n) is 3.61. The van der Waals surface area contributed by atoms with Gasteiger partial charge < -0.3 is 0 Å². The van der Waals surface area contributed by atoms with E-state index in [1.807, 2.05) is 6.92 Å². The molecule has 0 aliphatic carbocycles. The van der Waals surface area contributed by atoms with E-state index in [-0.39, 0.29) is 6.04 Å². The summed E-state index contributed by atoms with van der Waals surface area (Å²) in [4.78, 5) is 0. The zero-order chi connectivity index (χ0) is 10.6. The van der Waals surface area contributed by atoms with Gasteiger partial charge in [0.25, 0.3) is 10.2 Å². The lowest BCUT2D eigenvalue weighted by Gasteiger charge is -2.19. The summed E-state index contributed by atoms with van der Waals surface area (Å²) in [5.74, 6) is 0. The van der Waals surface area contributed by atoms with Gasteiger partial charge in [-0.1, -0.05) is 15.9 Å². The quantitative estimate of drug-likeness (QED) is 0.769. The molecular formula is C8H17BrN2O2S. The molecule has 6 heteroatoms. The van der Waals surface area contributed by atoms with Gasteiger partial charge in [0.05, 0.1) is 0 Å². The average Bonchev–Trinajstić information content (AvgIpc) is 2.54. The van der Waals surface area contributed by atoms with Gasteiger partial charge in [0.2, 0.25) is 0 Å². The molecule has 1 unspecified atom stereocenters. The van der Waals surface area contributed by atoms with Gasteiger partial charge in [-0.05, 0) is 26.2 Å². The van der Waals surface area contributed by atoms with Crippen LogP contribution in [-0.2, 0) is 10.2 Å². The Balaban J connectivity index is 2.48. The molecule has 0 spiro atoms. The lowest BCUT2D eigenvalue weighted by atomic mass is 10.3. The van der Waals surface area contributed by atoms with Gasteiger partial charge in [-0.25, -0.2) is 0 Å². The SMILES string of the molecule is CC(CCBr)NS(=O)(=O)N1CCCC1. The molecule has 0 radical (unpaired) electrons. The Kier molecular flexibility index (Phi) is 4.82. The first-order valence-corrected chi connectivity index (χ1v) is 7.46. The van der Waals surface area contributed by atoms with Crippen LogP contribution < -0.4 is 4.72 Å². The van der Waals surface area contributed by atoms with Crippen LogP contribution in [0.3, 0.4) is 0 Å². The minimum absolute atomic E-state index is 0.0000231. The zero-order valence-electron chi connectivity index (χ0n) is 8.37. The molecule has 1 aliphatic rings. The van der Waals surface area contributed by atoms with Crippen LogP contribution in [0.15, 0.2) is 0 Å². The van der Waals surface area contributed by atoms with Crippen molar-refractivity contribution < 1.29 is 8.42 Å². The molecular weight excluding hydrogens is 268 g/mol. The van der Waals surface area contributed by atoms with Crippen LogP contribution in [-0.4, -0.2) is 37.2 Å². The normalized spacial score (nSPS) is 21.3. The molecule has 1 aliphatic heterocycles. The van der Waals surface area contributed by atoms with Gasteiger partial charge in [-0.3, -0.25) is 0 Å². The van der Waals surface area contributed by atoms with Crippen LogP contribution in [0.5, 0.6) is 0 Å². The highest BCUT2D eigenvalue weighted by Gasteiger charge is 2.25. The first-order chi connectivity index (χ1) is 6.56. The van der Waals surface area contributed by atoms with E-state index in [4.69, 9.17) is 0 Å². The summed E-state index contributed by atoms with van der Waals surface area (Å²) in [5, 5.41) is 0.816. The Morgan fingerprint density at radius 1 is 1.43 bits per heavy atom. The Bertz CT molecular complexity index is 263. The second kappa shape index (κ2) is 5.44. The van der Waals surface area contributed by atoms with E-state index in [0.717, 1.165) is 24.6 Å². The van der Waals surface area contributed by atoms with Crippen LogP contribution in [0.2, 0.25) is 0 Å². The van der Waals surface area contributed by atoms with Crippen molar-refractivity contribution in [3.63, 3.8) is 0 Å². The molecule has 1 atom stereocenters. The molecule has 1 saturated heterocycles. The second-order valence-corrected chi connectivity index (χ2v) is 6.10. The van der Waals surface area contributed by atoms with Crippen LogP contribution in [0, 0.1) is 0 Å². The van der Waals surface area contributed by atoms with Crippen molar-refractivity contribution >= 4 is 26.1 Å². The third-order valence-corrected chi connectivity index (χ3v) is 4.50. The summed E-state index contributed by atoms with van der Waals surface area (Å²) in [7, 11) is -3.22. The lowest BCUT2D eigenvalue weighted by molar-refractivity contribution is 0.454. The molecule has 0 saturated carbocycles. The van der Waals surface area contributed by atoms with Crippen LogP contribution >= 0.6 is 15.9 Å². The summed E-state index contributed by atoms with van der Waals surface area (Å²) in [6.45, 7) is 3.21. The molecule has 1 heterocycles.